The van der Waals surface area contributed by atoms with Gasteiger partial charge in [0.1, 0.15) is 5.75 Å². The van der Waals surface area contributed by atoms with Crippen LogP contribution >= 0.6 is 15.9 Å². The van der Waals surface area contributed by atoms with Gasteiger partial charge in [-0.15, -0.1) is 0 Å². The summed E-state index contributed by atoms with van der Waals surface area (Å²) in [7, 11) is -2.73. The van der Waals surface area contributed by atoms with Gasteiger partial charge in [0.15, 0.2) is 0 Å². The van der Waals surface area contributed by atoms with E-state index >= 15 is 0 Å². The van der Waals surface area contributed by atoms with Crippen LogP contribution in [0.2, 0.25) is 0 Å². The second kappa shape index (κ2) is 4.22. The second-order valence-electron chi connectivity index (χ2n) is 3.16. The molecule has 2 nitrogen and oxygen atoms in total. The van der Waals surface area contributed by atoms with E-state index in [0.717, 1.165) is 25.9 Å². The Labute approximate surface area is 101 Å². The summed E-state index contributed by atoms with van der Waals surface area (Å²) in [6.45, 7) is 1.43. The summed E-state index contributed by atoms with van der Waals surface area (Å²) in [6, 6.07) is -0.458. The zero-order valence-electron chi connectivity index (χ0n) is 13.6. The Morgan fingerprint density at radius 3 is 2.93 bits per heavy atom. The van der Waals surface area contributed by atoms with Crippen molar-refractivity contribution in [3.8, 4) is 5.75 Å². The van der Waals surface area contributed by atoms with Crippen molar-refractivity contribution in [2.75, 3.05) is 25.0 Å². The first-order chi connectivity index (χ1) is 9.22. The number of anilines is 1. The van der Waals surface area contributed by atoms with Crippen LogP contribution in [-0.4, -0.2) is 20.1 Å². The standard InChI is InChI=1S/C11H14BrNO/c1-14-11-7-9(12)6-10(8-11)13-4-2-3-5-13/h6-8H,2-5H2,1H3/i1D3,6D,7D,8D. The Balaban J connectivity index is 2.57. The number of benzene rings is 1. The van der Waals surface area contributed by atoms with E-state index in [-0.39, 0.29) is 28.3 Å². The van der Waals surface area contributed by atoms with Crippen molar-refractivity contribution < 1.29 is 13.0 Å². The summed E-state index contributed by atoms with van der Waals surface area (Å²) in [5.74, 6) is -0.310. The highest BCUT2D eigenvalue weighted by molar-refractivity contribution is 9.10. The highest BCUT2D eigenvalue weighted by Gasteiger charge is 2.13. The number of ether oxygens (including phenoxy) is 1. The number of methoxy groups -OCH3 is 1. The molecule has 1 aromatic rings. The first-order valence-corrected chi connectivity index (χ1v) is 5.25. The van der Waals surface area contributed by atoms with Crippen molar-refractivity contribution in [1.29, 1.82) is 0 Å². The van der Waals surface area contributed by atoms with Crippen LogP contribution in [0, 0.1) is 0 Å². The Morgan fingerprint density at radius 2 is 2.21 bits per heavy atom. The fourth-order valence-corrected chi connectivity index (χ4v) is 1.92. The largest absolute Gasteiger partial charge is 0.497 e. The van der Waals surface area contributed by atoms with Crippen LogP contribution in [0.3, 0.4) is 0 Å². The van der Waals surface area contributed by atoms with Gasteiger partial charge < -0.3 is 9.64 Å². The zero-order valence-corrected chi connectivity index (χ0v) is 9.15. The lowest BCUT2D eigenvalue weighted by atomic mass is 10.3. The number of hydrogen-bond donors (Lipinski definition) is 0. The van der Waals surface area contributed by atoms with Crippen molar-refractivity contribution in [1.82, 2.24) is 0 Å². The molecule has 0 amide bonds. The normalized spacial score (nSPS) is 23.1. The van der Waals surface area contributed by atoms with Crippen LogP contribution in [0.1, 0.15) is 21.1 Å². The Hall–Kier alpha value is -0.700. The molecule has 1 aromatic carbocycles. The minimum atomic E-state index is -2.73. The maximum Gasteiger partial charge on any atom is 0.122 e. The van der Waals surface area contributed by atoms with Crippen LogP contribution < -0.4 is 9.64 Å². The van der Waals surface area contributed by atoms with Crippen LogP contribution in [0.5, 0.6) is 5.75 Å². The van der Waals surface area contributed by atoms with Crippen LogP contribution in [0.15, 0.2) is 22.6 Å². The van der Waals surface area contributed by atoms with Gasteiger partial charge in [-0.25, -0.2) is 0 Å². The van der Waals surface area contributed by atoms with Crippen LogP contribution in [0.25, 0.3) is 0 Å². The molecule has 2 rings (SSSR count). The second-order valence-corrected chi connectivity index (χ2v) is 3.96. The molecule has 1 saturated heterocycles. The van der Waals surface area contributed by atoms with Gasteiger partial charge in [-0.1, -0.05) is 15.9 Å². The monoisotopic (exact) mass is 261 g/mol. The molecular weight excluding hydrogens is 242 g/mol. The maximum atomic E-state index is 8.09. The molecule has 0 unspecified atom stereocenters. The van der Waals surface area contributed by atoms with Gasteiger partial charge in [-0.3, -0.25) is 0 Å². The third kappa shape index (κ3) is 2.03. The Morgan fingerprint density at radius 1 is 1.43 bits per heavy atom. The summed E-state index contributed by atoms with van der Waals surface area (Å²) < 4.78 is 50.3. The molecule has 0 N–H and O–H groups in total. The number of nitrogens with zero attached hydrogens (tertiary/aromatic N) is 1. The summed E-state index contributed by atoms with van der Waals surface area (Å²) in [4.78, 5) is 1.86. The molecule has 76 valence electrons. The smallest absolute Gasteiger partial charge is 0.122 e. The molecule has 1 aliphatic heterocycles. The highest BCUT2D eigenvalue weighted by atomic mass is 79.9. The van der Waals surface area contributed by atoms with Gasteiger partial charge in [0.2, 0.25) is 0 Å². The minimum absolute atomic E-state index is 0.0276. The zero-order chi connectivity index (χ0) is 15.1. The Kier molecular flexibility index (Phi) is 1.47. The molecule has 0 aliphatic carbocycles. The predicted octanol–water partition coefficient (Wildman–Crippen LogP) is 3.06. The molecule has 3 heteroatoms. The minimum Gasteiger partial charge on any atom is -0.497 e. The van der Waals surface area contributed by atoms with E-state index in [1.807, 2.05) is 4.90 Å². The van der Waals surface area contributed by atoms with E-state index in [1.54, 1.807) is 0 Å². The lowest BCUT2D eigenvalue weighted by Crippen LogP contribution is -2.17. The Bertz CT molecular complexity index is 527. The lowest BCUT2D eigenvalue weighted by Gasteiger charge is -2.18. The first kappa shape index (κ1) is 4.88. The fraction of sp³-hybridized carbons (Fsp3) is 0.455. The average Bonchev–Trinajstić information content (AvgIpc) is 2.85. The average molecular weight is 262 g/mol. The molecular formula is C11H14BrNO. The molecule has 1 heterocycles. The first-order valence-electron chi connectivity index (χ1n) is 7.45. The molecule has 0 bridgehead atoms. The van der Waals surface area contributed by atoms with Crippen molar-refractivity contribution in [3.63, 3.8) is 0 Å². The molecule has 0 spiro atoms. The number of rotatable bonds is 2. The lowest BCUT2D eigenvalue weighted by molar-refractivity contribution is 0.414. The van der Waals surface area contributed by atoms with E-state index in [0.29, 0.717) is 5.69 Å². The number of hydrogen-bond acceptors (Lipinski definition) is 2. The summed E-state index contributed by atoms with van der Waals surface area (Å²) in [5, 5.41) is 0. The molecule has 0 aromatic heterocycles. The van der Waals surface area contributed by atoms with Gasteiger partial charge in [0.05, 0.1) is 15.3 Å². The fourth-order valence-electron chi connectivity index (χ4n) is 1.55. The van der Waals surface area contributed by atoms with Gasteiger partial charge in [-0.2, -0.15) is 0 Å². The summed E-state index contributed by atoms with van der Waals surface area (Å²) in [6.07, 6.45) is 1.93. The van der Waals surface area contributed by atoms with Gasteiger partial charge in [-0.05, 0) is 24.9 Å². The van der Waals surface area contributed by atoms with Gasteiger partial charge in [0.25, 0.3) is 0 Å². The summed E-state index contributed by atoms with van der Waals surface area (Å²) in [5.41, 5.74) is 0.324. The van der Waals surface area contributed by atoms with Crippen LogP contribution in [-0.2, 0) is 0 Å². The quantitative estimate of drug-likeness (QED) is 0.812. The van der Waals surface area contributed by atoms with Gasteiger partial charge >= 0.3 is 0 Å². The number of halogens is 1. The topological polar surface area (TPSA) is 12.5 Å². The summed E-state index contributed by atoms with van der Waals surface area (Å²) >= 11 is 3.12. The van der Waals surface area contributed by atoms with Crippen molar-refractivity contribution >= 4 is 21.6 Å². The van der Waals surface area contributed by atoms with Crippen molar-refractivity contribution in [2.45, 2.75) is 12.8 Å². The van der Waals surface area contributed by atoms with Crippen molar-refractivity contribution in [2.24, 2.45) is 0 Å². The molecule has 0 radical (unpaired) electrons. The molecule has 0 atom stereocenters. The van der Waals surface area contributed by atoms with Crippen LogP contribution in [0.4, 0.5) is 5.69 Å². The van der Waals surface area contributed by atoms with Crippen molar-refractivity contribution in [3.05, 3.63) is 22.6 Å². The van der Waals surface area contributed by atoms with E-state index in [9.17, 15) is 0 Å². The predicted molar refractivity (Wildman–Crippen MR) is 62.1 cm³/mol. The van der Waals surface area contributed by atoms with E-state index in [2.05, 4.69) is 15.9 Å². The molecule has 1 aliphatic rings. The highest BCUT2D eigenvalue weighted by Crippen LogP contribution is 2.29. The van der Waals surface area contributed by atoms with E-state index in [4.69, 9.17) is 13.0 Å². The molecule has 0 saturated carbocycles. The third-order valence-electron chi connectivity index (χ3n) is 2.21. The molecule has 14 heavy (non-hydrogen) atoms. The SMILES string of the molecule is [2H]c1c(Br)c([2H])c(N2CCCC2)c([2H])c1OC([2H])([2H])[2H]. The molecule has 1 fully saturated rings. The van der Waals surface area contributed by atoms with E-state index < -0.39 is 7.04 Å². The maximum absolute atomic E-state index is 8.09. The van der Waals surface area contributed by atoms with Gasteiger partial charge in [0, 0.05) is 29.3 Å². The van der Waals surface area contributed by atoms with E-state index in [1.165, 1.54) is 0 Å². The third-order valence-corrected chi connectivity index (χ3v) is 2.60.